The van der Waals surface area contributed by atoms with Crippen LogP contribution in [0.3, 0.4) is 0 Å². The molecule has 1 amide bonds. The molecule has 0 aromatic heterocycles. The molecule has 0 radical (unpaired) electrons. The predicted molar refractivity (Wildman–Crippen MR) is 61.6 cm³/mol. The Morgan fingerprint density at radius 3 is 2.53 bits per heavy atom. The van der Waals surface area contributed by atoms with Crippen LogP contribution >= 0.6 is 12.4 Å². The quantitative estimate of drug-likeness (QED) is 0.456. The topological polar surface area (TPSA) is 55.1 Å². The SMILES string of the molecule is Cc1ccc([C@@H]2C[C@H]2C(=O)NN)cc1.Cl. The van der Waals surface area contributed by atoms with Crippen LogP contribution in [0.1, 0.15) is 23.5 Å². The lowest BCUT2D eigenvalue weighted by atomic mass is 10.1. The molecular weight excluding hydrogens is 212 g/mol. The fourth-order valence-electron chi connectivity index (χ4n) is 1.77. The first-order chi connectivity index (χ1) is 6.72. The second kappa shape index (κ2) is 4.64. The normalized spacial score (nSPS) is 22.8. The number of rotatable bonds is 2. The molecule has 2 atom stereocenters. The van der Waals surface area contributed by atoms with E-state index in [1.807, 2.05) is 0 Å². The number of carbonyl (C=O) groups excluding carboxylic acids is 1. The Bertz CT molecular complexity index is 350. The molecule has 3 N–H and O–H groups in total. The Morgan fingerprint density at radius 1 is 1.40 bits per heavy atom. The molecule has 1 aromatic carbocycles. The van der Waals surface area contributed by atoms with Gasteiger partial charge in [0, 0.05) is 5.92 Å². The molecule has 1 aromatic rings. The molecule has 0 heterocycles. The summed E-state index contributed by atoms with van der Waals surface area (Å²) in [5.74, 6) is 5.49. The number of amides is 1. The van der Waals surface area contributed by atoms with Crippen molar-refractivity contribution < 1.29 is 4.79 Å². The Balaban J connectivity index is 0.00000112. The Labute approximate surface area is 95.4 Å². The van der Waals surface area contributed by atoms with E-state index in [1.165, 1.54) is 11.1 Å². The maximum Gasteiger partial charge on any atom is 0.237 e. The number of halogens is 1. The zero-order valence-corrected chi connectivity index (χ0v) is 9.38. The van der Waals surface area contributed by atoms with E-state index < -0.39 is 0 Å². The average Bonchev–Trinajstić information content (AvgIpc) is 2.98. The minimum absolute atomic E-state index is 0. The third-order valence-electron chi connectivity index (χ3n) is 2.77. The van der Waals surface area contributed by atoms with Gasteiger partial charge in [-0.25, -0.2) is 5.84 Å². The fourth-order valence-corrected chi connectivity index (χ4v) is 1.77. The first kappa shape index (κ1) is 12.0. The summed E-state index contributed by atoms with van der Waals surface area (Å²) in [6.45, 7) is 2.06. The highest BCUT2D eigenvalue weighted by Gasteiger charge is 2.43. The summed E-state index contributed by atoms with van der Waals surface area (Å²) in [6.07, 6.45) is 0.923. The summed E-state index contributed by atoms with van der Waals surface area (Å²) in [4.78, 5) is 11.2. The standard InChI is InChI=1S/C11H14N2O.ClH/c1-7-2-4-8(5-3-7)9-6-10(9)11(14)13-12;/h2-5,9-10H,6,12H2,1H3,(H,13,14);1H/t9-,10+;/m0./s1. The first-order valence-corrected chi connectivity index (χ1v) is 4.79. The number of nitrogens with two attached hydrogens (primary N) is 1. The highest BCUT2D eigenvalue weighted by molar-refractivity contribution is 5.85. The molecular formula is C11H15ClN2O. The maximum absolute atomic E-state index is 11.2. The van der Waals surface area contributed by atoms with Gasteiger partial charge in [-0.2, -0.15) is 0 Å². The van der Waals surface area contributed by atoms with Gasteiger partial charge in [0.15, 0.2) is 0 Å². The van der Waals surface area contributed by atoms with E-state index >= 15 is 0 Å². The van der Waals surface area contributed by atoms with E-state index in [4.69, 9.17) is 5.84 Å². The second-order valence-corrected chi connectivity index (χ2v) is 3.87. The third kappa shape index (κ3) is 2.49. The van der Waals surface area contributed by atoms with Gasteiger partial charge < -0.3 is 0 Å². The number of hydrogen-bond donors (Lipinski definition) is 2. The van der Waals surface area contributed by atoms with Crippen molar-refractivity contribution in [2.24, 2.45) is 11.8 Å². The number of aryl methyl sites for hydroxylation is 1. The largest absolute Gasteiger partial charge is 0.294 e. The minimum Gasteiger partial charge on any atom is -0.294 e. The van der Waals surface area contributed by atoms with Crippen molar-refractivity contribution in [3.05, 3.63) is 35.4 Å². The van der Waals surface area contributed by atoms with Gasteiger partial charge in [-0.1, -0.05) is 29.8 Å². The van der Waals surface area contributed by atoms with Crippen molar-refractivity contribution in [3.8, 4) is 0 Å². The monoisotopic (exact) mass is 226 g/mol. The van der Waals surface area contributed by atoms with Gasteiger partial charge in [0.1, 0.15) is 0 Å². The van der Waals surface area contributed by atoms with Gasteiger partial charge in [-0.15, -0.1) is 12.4 Å². The minimum atomic E-state index is -0.0458. The van der Waals surface area contributed by atoms with E-state index in [9.17, 15) is 4.79 Å². The van der Waals surface area contributed by atoms with Crippen molar-refractivity contribution in [2.45, 2.75) is 19.3 Å². The number of carbonyl (C=O) groups is 1. The van der Waals surface area contributed by atoms with Gasteiger partial charge in [0.25, 0.3) is 0 Å². The van der Waals surface area contributed by atoms with E-state index in [-0.39, 0.29) is 24.2 Å². The summed E-state index contributed by atoms with van der Waals surface area (Å²) in [5.41, 5.74) is 4.68. The van der Waals surface area contributed by atoms with E-state index in [2.05, 4.69) is 36.6 Å². The molecule has 2 rings (SSSR count). The van der Waals surface area contributed by atoms with Gasteiger partial charge in [-0.05, 0) is 24.8 Å². The summed E-state index contributed by atoms with van der Waals surface area (Å²) in [6, 6.07) is 8.32. The van der Waals surface area contributed by atoms with Crippen LogP contribution in [0, 0.1) is 12.8 Å². The van der Waals surface area contributed by atoms with Crippen LogP contribution in [-0.4, -0.2) is 5.91 Å². The molecule has 15 heavy (non-hydrogen) atoms. The zero-order valence-electron chi connectivity index (χ0n) is 8.57. The first-order valence-electron chi connectivity index (χ1n) is 4.79. The molecule has 0 bridgehead atoms. The number of nitrogens with one attached hydrogen (secondary N) is 1. The van der Waals surface area contributed by atoms with E-state index in [0.29, 0.717) is 5.92 Å². The lowest BCUT2D eigenvalue weighted by Gasteiger charge is -2.00. The van der Waals surface area contributed by atoms with Crippen LogP contribution in [0.25, 0.3) is 0 Å². The van der Waals surface area contributed by atoms with Crippen LogP contribution in [0.2, 0.25) is 0 Å². The number of benzene rings is 1. The molecule has 0 unspecified atom stereocenters. The number of hydrogen-bond acceptors (Lipinski definition) is 2. The lowest BCUT2D eigenvalue weighted by molar-refractivity contribution is -0.122. The molecule has 3 nitrogen and oxygen atoms in total. The van der Waals surface area contributed by atoms with Gasteiger partial charge in [0.05, 0.1) is 0 Å². The van der Waals surface area contributed by atoms with Gasteiger partial charge >= 0.3 is 0 Å². The number of hydrazine groups is 1. The molecule has 0 saturated heterocycles. The zero-order chi connectivity index (χ0) is 10.1. The van der Waals surface area contributed by atoms with E-state index in [0.717, 1.165) is 6.42 Å². The van der Waals surface area contributed by atoms with Crippen LogP contribution in [-0.2, 0) is 4.79 Å². The second-order valence-electron chi connectivity index (χ2n) is 3.87. The molecule has 1 aliphatic carbocycles. The van der Waals surface area contributed by atoms with Crippen LogP contribution in [0.4, 0.5) is 0 Å². The van der Waals surface area contributed by atoms with Crippen molar-refractivity contribution in [1.82, 2.24) is 5.43 Å². The maximum atomic E-state index is 11.2. The smallest absolute Gasteiger partial charge is 0.237 e. The van der Waals surface area contributed by atoms with Crippen molar-refractivity contribution >= 4 is 18.3 Å². The van der Waals surface area contributed by atoms with Gasteiger partial charge in [0.2, 0.25) is 5.91 Å². The lowest BCUT2D eigenvalue weighted by Crippen LogP contribution is -2.31. The van der Waals surface area contributed by atoms with Crippen LogP contribution < -0.4 is 11.3 Å². The summed E-state index contributed by atoms with van der Waals surface area (Å²) >= 11 is 0. The predicted octanol–water partition coefficient (Wildman–Crippen LogP) is 1.51. The fraction of sp³-hybridized carbons (Fsp3) is 0.364. The molecule has 4 heteroatoms. The summed E-state index contributed by atoms with van der Waals surface area (Å²) in [7, 11) is 0. The molecule has 1 aliphatic rings. The van der Waals surface area contributed by atoms with Crippen LogP contribution in [0.15, 0.2) is 24.3 Å². The Morgan fingerprint density at radius 2 is 2.00 bits per heavy atom. The van der Waals surface area contributed by atoms with E-state index in [1.54, 1.807) is 0 Å². The Kier molecular flexibility index (Phi) is 3.72. The molecule has 1 fully saturated rings. The molecule has 1 saturated carbocycles. The highest BCUT2D eigenvalue weighted by Crippen LogP contribution is 2.47. The molecule has 0 spiro atoms. The summed E-state index contributed by atoms with van der Waals surface area (Å²) < 4.78 is 0. The summed E-state index contributed by atoms with van der Waals surface area (Å²) in [5, 5.41) is 0. The third-order valence-corrected chi connectivity index (χ3v) is 2.77. The molecule has 0 aliphatic heterocycles. The highest BCUT2D eigenvalue weighted by atomic mass is 35.5. The average molecular weight is 227 g/mol. The Hall–Kier alpha value is -1.06. The van der Waals surface area contributed by atoms with Gasteiger partial charge in [-0.3, -0.25) is 10.2 Å². The molecule has 82 valence electrons. The van der Waals surface area contributed by atoms with Crippen molar-refractivity contribution in [1.29, 1.82) is 0 Å². The van der Waals surface area contributed by atoms with Crippen LogP contribution in [0.5, 0.6) is 0 Å². The van der Waals surface area contributed by atoms with Crippen molar-refractivity contribution in [3.63, 3.8) is 0 Å². The van der Waals surface area contributed by atoms with Crippen molar-refractivity contribution in [2.75, 3.05) is 0 Å².